The van der Waals surface area contributed by atoms with Crippen LogP contribution < -0.4 is 16.4 Å². The standard InChI is InChI=1S/C34H58N7O17P3S/c1-4-5-6-7-8-9-10-11-12-13-14-25(43)62-18-17-36-24(42)15-16-37-32(46)29(45)34(2,3)20-55-61(52,53)58-60(50,51)54-19-23-28(57-59(47,48)49)27(44)33(56-23)41-22-40-26-30(35)38-21-39-31(26)41/h8-9,21-23,27-29,33,44-45H,4-7,10-20H2,1-3H3,(H,36,42)(H,37,46)(H,50,51)(H,52,53)(H2,35,38,39)(H2,47,48,49)/b9-8+. The predicted octanol–water partition coefficient (Wildman–Crippen LogP) is 2.75. The number of aliphatic hydroxyl groups excluding tert-OH is 2. The number of anilines is 1. The molecule has 7 atom stereocenters. The quantitative estimate of drug-likeness (QED) is 0.0321. The number of aliphatic hydroxyl groups is 2. The van der Waals surface area contributed by atoms with Gasteiger partial charge in [-0.15, -0.1) is 0 Å². The number of nitrogens with zero attached hydrogens (tertiary/aromatic N) is 4. The Morgan fingerprint density at radius 3 is 2.32 bits per heavy atom. The van der Waals surface area contributed by atoms with Crippen molar-refractivity contribution in [2.24, 2.45) is 5.41 Å². The molecular weight excluding hydrogens is 903 g/mol. The number of amides is 2. The molecule has 28 heteroatoms. The fourth-order valence-corrected chi connectivity index (χ4v) is 9.37. The number of thioether (sulfide) groups is 1. The summed E-state index contributed by atoms with van der Waals surface area (Å²) >= 11 is 1.14. The number of hydrogen-bond acceptors (Lipinski definition) is 18. The summed E-state index contributed by atoms with van der Waals surface area (Å²) < 4.78 is 62.3. The number of aromatic nitrogens is 4. The van der Waals surface area contributed by atoms with Gasteiger partial charge in [0.15, 0.2) is 22.8 Å². The third-order valence-electron chi connectivity index (χ3n) is 9.16. The van der Waals surface area contributed by atoms with Crippen LogP contribution in [0, 0.1) is 5.41 Å². The van der Waals surface area contributed by atoms with E-state index in [0.29, 0.717) is 12.2 Å². The average molecular weight is 962 g/mol. The second kappa shape index (κ2) is 25.1. The molecule has 3 heterocycles. The summed E-state index contributed by atoms with van der Waals surface area (Å²) in [6.45, 7) is 2.73. The van der Waals surface area contributed by atoms with Gasteiger partial charge >= 0.3 is 23.5 Å². The molecule has 24 nitrogen and oxygen atoms in total. The first-order chi connectivity index (χ1) is 29.1. The number of ether oxygens (including phenoxy) is 1. The Morgan fingerprint density at radius 1 is 0.968 bits per heavy atom. The van der Waals surface area contributed by atoms with Gasteiger partial charge < -0.3 is 50.9 Å². The molecule has 0 spiro atoms. The van der Waals surface area contributed by atoms with Crippen LogP contribution in [0.5, 0.6) is 0 Å². The first-order valence-corrected chi connectivity index (χ1v) is 25.3. The van der Waals surface area contributed by atoms with Gasteiger partial charge in [0.25, 0.3) is 0 Å². The predicted molar refractivity (Wildman–Crippen MR) is 223 cm³/mol. The molecule has 352 valence electrons. The summed E-state index contributed by atoms with van der Waals surface area (Å²) in [4.78, 5) is 88.1. The molecule has 1 saturated heterocycles. The van der Waals surface area contributed by atoms with E-state index < -0.39 is 84.6 Å². The highest BCUT2D eigenvalue weighted by molar-refractivity contribution is 8.13. The van der Waals surface area contributed by atoms with Gasteiger partial charge in [0.05, 0.1) is 19.5 Å². The number of imidazole rings is 1. The molecule has 0 aromatic carbocycles. The van der Waals surface area contributed by atoms with Crippen molar-refractivity contribution < 1.29 is 80.5 Å². The van der Waals surface area contributed by atoms with E-state index in [4.69, 9.17) is 19.5 Å². The maximum Gasteiger partial charge on any atom is 0.481 e. The number of nitrogens with two attached hydrogens (primary N) is 1. The highest BCUT2D eigenvalue weighted by Crippen LogP contribution is 2.61. The highest BCUT2D eigenvalue weighted by atomic mass is 32.2. The lowest BCUT2D eigenvalue weighted by Gasteiger charge is -2.30. The number of allylic oxidation sites excluding steroid dienone is 2. The van der Waals surface area contributed by atoms with E-state index in [9.17, 15) is 57.9 Å². The molecule has 10 N–H and O–H groups in total. The van der Waals surface area contributed by atoms with Crippen LogP contribution in [0.25, 0.3) is 11.2 Å². The Kier molecular flexibility index (Phi) is 21.7. The normalized spacial score (nSPS) is 20.9. The van der Waals surface area contributed by atoms with Gasteiger partial charge in [0.2, 0.25) is 11.8 Å². The van der Waals surface area contributed by atoms with E-state index in [1.54, 1.807) is 0 Å². The topological polar surface area (TPSA) is 364 Å². The van der Waals surface area contributed by atoms with E-state index in [0.717, 1.165) is 61.1 Å². The number of rotatable bonds is 29. The fraction of sp³-hybridized carbons (Fsp3) is 0.706. The van der Waals surface area contributed by atoms with Crippen LogP contribution in [-0.4, -0.2) is 123 Å². The zero-order valence-electron chi connectivity index (χ0n) is 34.6. The molecule has 0 bridgehead atoms. The van der Waals surface area contributed by atoms with Gasteiger partial charge in [-0.1, -0.05) is 63.9 Å². The zero-order chi connectivity index (χ0) is 46.1. The average Bonchev–Trinajstić information content (AvgIpc) is 3.75. The monoisotopic (exact) mass is 961 g/mol. The summed E-state index contributed by atoms with van der Waals surface area (Å²) in [7, 11) is -16.4. The molecule has 1 aliphatic heterocycles. The molecular formula is C34H58N7O17P3S. The van der Waals surface area contributed by atoms with Crippen LogP contribution in [-0.2, 0) is 50.7 Å². The summed E-state index contributed by atoms with van der Waals surface area (Å²) in [5.41, 5.74) is 4.28. The summed E-state index contributed by atoms with van der Waals surface area (Å²) in [6.07, 6.45) is 6.55. The van der Waals surface area contributed by atoms with Crippen molar-refractivity contribution in [2.75, 3.05) is 37.8 Å². The van der Waals surface area contributed by atoms with E-state index in [1.807, 2.05) is 0 Å². The lowest BCUT2D eigenvalue weighted by molar-refractivity contribution is -0.137. The summed E-state index contributed by atoms with van der Waals surface area (Å²) in [5, 5.41) is 26.6. The molecule has 62 heavy (non-hydrogen) atoms. The lowest BCUT2D eigenvalue weighted by Crippen LogP contribution is -2.46. The second-order valence-electron chi connectivity index (χ2n) is 14.9. The van der Waals surface area contributed by atoms with Crippen LogP contribution in [0.4, 0.5) is 5.82 Å². The Labute approximate surface area is 362 Å². The number of hydrogen-bond donors (Lipinski definition) is 9. The number of phosphoric ester groups is 3. The van der Waals surface area contributed by atoms with Crippen LogP contribution in [0.3, 0.4) is 0 Å². The number of fused-ring (bicyclic) bond motifs is 1. The maximum absolute atomic E-state index is 12.7. The lowest BCUT2D eigenvalue weighted by atomic mass is 9.87. The number of nitrogen functional groups attached to an aromatic ring is 1. The van der Waals surface area contributed by atoms with Crippen molar-refractivity contribution in [3.05, 3.63) is 24.8 Å². The molecule has 3 rings (SSSR count). The number of phosphoric acid groups is 3. The molecule has 0 radical (unpaired) electrons. The number of unbranched alkanes of at least 4 members (excludes halogenated alkanes) is 6. The number of carbonyl (C=O) groups is 3. The Morgan fingerprint density at radius 2 is 1.65 bits per heavy atom. The molecule has 7 unspecified atom stereocenters. The van der Waals surface area contributed by atoms with E-state index in [2.05, 4.69) is 53.5 Å². The van der Waals surface area contributed by atoms with Crippen LogP contribution in [0.2, 0.25) is 0 Å². The summed E-state index contributed by atoms with van der Waals surface area (Å²) in [6, 6.07) is 0. The van der Waals surface area contributed by atoms with Gasteiger partial charge in [-0.3, -0.25) is 32.5 Å². The molecule has 2 aromatic heterocycles. The van der Waals surface area contributed by atoms with Crippen LogP contribution >= 0.6 is 35.2 Å². The van der Waals surface area contributed by atoms with E-state index in [1.165, 1.54) is 33.1 Å². The van der Waals surface area contributed by atoms with Gasteiger partial charge in [-0.2, -0.15) is 4.31 Å². The minimum absolute atomic E-state index is 0.0323. The van der Waals surface area contributed by atoms with Crippen LogP contribution in [0.15, 0.2) is 24.8 Å². The van der Waals surface area contributed by atoms with Gasteiger partial charge in [-0.05, 0) is 32.1 Å². The summed E-state index contributed by atoms with van der Waals surface area (Å²) in [5.74, 6) is -1.04. The van der Waals surface area contributed by atoms with Crippen molar-refractivity contribution >= 4 is 69.1 Å². The van der Waals surface area contributed by atoms with E-state index in [-0.39, 0.29) is 41.6 Å². The first-order valence-electron chi connectivity index (χ1n) is 19.8. The second-order valence-corrected chi connectivity index (χ2v) is 20.2. The first kappa shape index (κ1) is 53.6. The van der Waals surface area contributed by atoms with Gasteiger partial charge in [0, 0.05) is 37.1 Å². The molecule has 0 aliphatic carbocycles. The number of carbonyl (C=O) groups excluding carboxylic acids is 3. The van der Waals surface area contributed by atoms with Crippen molar-refractivity contribution in [3.63, 3.8) is 0 Å². The maximum atomic E-state index is 12.7. The van der Waals surface area contributed by atoms with Gasteiger partial charge in [0.1, 0.15) is 36.3 Å². The Hall–Kier alpha value is -2.70. The van der Waals surface area contributed by atoms with Crippen molar-refractivity contribution in [1.82, 2.24) is 30.2 Å². The largest absolute Gasteiger partial charge is 0.481 e. The Balaban J connectivity index is 1.38. The minimum atomic E-state index is -5.57. The third kappa shape index (κ3) is 18.4. The highest BCUT2D eigenvalue weighted by Gasteiger charge is 2.50. The van der Waals surface area contributed by atoms with Crippen molar-refractivity contribution in [3.8, 4) is 0 Å². The minimum Gasteiger partial charge on any atom is -0.386 e. The van der Waals surface area contributed by atoms with Crippen molar-refractivity contribution in [2.45, 2.75) is 116 Å². The molecule has 1 aliphatic rings. The van der Waals surface area contributed by atoms with Crippen molar-refractivity contribution in [1.29, 1.82) is 0 Å². The smallest absolute Gasteiger partial charge is 0.386 e. The Bertz CT molecular complexity index is 1950. The SMILES string of the molecule is CCCCC/C=C/CCCCCC(=O)SCCNC(=O)CCNC(=O)C(O)C(C)(C)COP(=O)(O)OP(=O)(O)OCC1OC(n2cnc3c(N)ncnc32)C(O)C1OP(=O)(O)O. The zero-order valence-corrected chi connectivity index (χ0v) is 38.1. The third-order valence-corrected chi connectivity index (χ3v) is 13.2. The number of nitrogens with one attached hydrogen (secondary N) is 2. The van der Waals surface area contributed by atoms with E-state index >= 15 is 0 Å². The fourth-order valence-electron chi connectivity index (χ4n) is 5.82. The van der Waals surface area contributed by atoms with Gasteiger partial charge in [-0.25, -0.2) is 28.6 Å². The molecule has 2 aromatic rings. The van der Waals surface area contributed by atoms with Crippen LogP contribution in [0.1, 0.15) is 91.2 Å². The molecule has 1 fully saturated rings. The molecule has 0 saturated carbocycles. The molecule has 2 amide bonds.